The number of aromatic nitrogens is 3. The van der Waals surface area contributed by atoms with Gasteiger partial charge >= 0.3 is 0 Å². The molecule has 1 atom stereocenters. The molecule has 0 radical (unpaired) electrons. The molecular weight excluding hydrogens is 259 g/mol. The molecule has 0 aliphatic heterocycles. The smallest absolute Gasteiger partial charge is 0.229 e. The van der Waals surface area contributed by atoms with Crippen molar-refractivity contribution >= 4 is 11.6 Å². The topological polar surface area (TPSA) is 59.8 Å². The van der Waals surface area contributed by atoms with Gasteiger partial charge in [-0.15, -0.1) is 0 Å². The number of anilines is 1. The highest BCUT2D eigenvalue weighted by Gasteiger charge is 2.16. The van der Waals surface area contributed by atoms with Crippen molar-refractivity contribution in [3.05, 3.63) is 41.7 Å². The van der Waals surface area contributed by atoms with E-state index in [1.165, 1.54) is 24.3 Å². The van der Waals surface area contributed by atoms with Crippen LogP contribution in [-0.2, 0) is 11.3 Å². The first kappa shape index (κ1) is 14.2. The molecule has 0 spiro atoms. The van der Waals surface area contributed by atoms with Crippen molar-refractivity contribution < 1.29 is 9.18 Å². The monoisotopic (exact) mass is 276 g/mol. The number of hydrogen-bond donors (Lipinski definition) is 1. The average Bonchev–Trinajstić information content (AvgIpc) is 2.70. The number of halogens is 1. The molecule has 1 amide bonds. The molecule has 1 aromatic heterocycles. The summed E-state index contributed by atoms with van der Waals surface area (Å²) in [6, 6.07) is 5.69. The Morgan fingerprint density at radius 1 is 1.35 bits per heavy atom. The van der Waals surface area contributed by atoms with Crippen LogP contribution < -0.4 is 5.32 Å². The Labute approximate surface area is 116 Å². The minimum Gasteiger partial charge on any atom is -0.326 e. The van der Waals surface area contributed by atoms with E-state index in [2.05, 4.69) is 15.4 Å². The van der Waals surface area contributed by atoms with Crippen LogP contribution in [0.4, 0.5) is 10.1 Å². The van der Waals surface area contributed by atoms with Gasteiger partial charge in [0.15, 0.2) is 0 Å². The number of carbonyl (C=O) groups is 1. The van der Waals surface area contributed by atoms with Gasteiger partial charge in [-0.1, -0.05) is 6.92 Å². The first-order valence-corrected chi connectivity index (χ1v) is 6.40. The summed E-state index contributed by atoms with van der Waals surface area (Å²) >= 11 is 0. The number of carbonyl (C=O) groups excluding carboxylic acids is 1. The fourth-order valence-electron chi connectivity index (χ4n) is 1.88. The minimum absolute atomic E-state index is 0.135. The van der Waals surface area contributed by atoms with E-state index >= 15 is 0 Å². The maximum Gasteiger partial charge on any atom is 0.229 e. The first-order chi connectivity index (χ1) is 9.45. The molecule has 0 bridgehead atoms. The molecule has 0 fully saturated rings. The lowest BCUT2D eigenvalue weighted by atomic mass is 10.1. The number of aryl methyl sites for hydroxylation is 2. The summed E-state index contributed by atoms with van der Waals surface area (Å²) in [6.45, 7) is 5.94. The highest BCUT2D eigenvalue weighted by atomic mass is 19.1. The van der Waals surface area contributed by atoms with E-state index in [1.54, 1.807) is 4.68 Å². The van der Waals surface area contributed by atoms with Gasteiger partial charge in [0.25, 0.3) is 0 Å². The number of amides is 1. The van der Waals surface area contributed by atoms with E-state index in [1.807, 2.05) is 20.8 Å². The fourth-order valence-corrected chi connectivity index (χ4v) is 1.88. The largest absolute Gasteiger partial charge is 0.326 e. The van der Waals surface area contributed by atoms with Gasteiger partial charge in [-0.25, -0.2) is 14.1 Å². The summed E-state index contributed by atoms with van der Waals surface area (Å²) < 4.78 is 14.5. The van der Waals surface area contributed by atoms with E-state index < -0.39 is 0 Å². The lowest BCUT2D eigenvalue weighted by Gasteiger charge is -2.12. The maximum absolute atomic E-state index is 12.8. The molecule has 2 aromatic rings. The molecule has 0 saturated heterocycles. The highest BCUT2D eigenvalue weighted by Crippen LogP contribution is 2.11. The predicted octanol–water partition coefficient (Wildman–Crippen LogP) is 2.31. The van der Waals surface area contributed by atoms with Gasteiger partial charge in [-0.2, -0.15) is 5.10 Å². The number of rotatable bonds is 4. The zero-order chi connectivity index (χ0) is 14.7. The van der Waals surface area contributed by atoms with Crippen molar-refractivity contribution in [1.29, 1.82) is 0 Å². The van der Waals surface area contributed by atoms with Crippen LogP contribution >= 0.6 is 0 Å². The molecule has 0 saturated carbocycles. The van der Waals surface area contributed by atoms with Gasteiger partial charge in [-0.3, -0.25) is 4.79 Å². The molecule has 1 unspecified atom stereocenters. The highest BCUT2D eigenvalue weighted by molar-refractivity contribution is 5.92. The molecule has 6 heteroatoms. The number of hydrogen-bond acceptors (Lipinski definition) is 3. The normalized spacial score (nSPS) is 12.2. The quantitative estimate of drug-likeness (QED) is 0.932. The molecule has 1 aromatic carbocycles. The van der Waals surface area contributed by atoms with Crippen LogP contribution in [0.3, 0.4) is 0 Å². The zero-order valence-corrected chi connectivity index (χ0v) is 11.7. The van der Waals surface area contributed by atoms with E-state index in [-0.39, 0.29) is 17.6 Å². The predicted molar refractivity (Wildman–Crippen MR) is 73.7 cm³/mol. The maximum atomic E-state index is 12.8. The van der Waals surface area contributed by atoms with Crippen LogP contribution in [-0.4, -0.2) is 20.7 Å². The van der Waals surface area contributed by atoms with Crippen LogP contribution in [0.1, 0.15) is 18.6 Å². The van der Waals surface area contributed by atoms with E-state index in [4.69, 9.17) is 0 Å². The first-order valence-electron chi connectivity index (χ1n) is 6.40. The van der Waals surface area contributed by atoms with Gasteiger partial charge in [0, 0.05) is 5.69 Å². The van der Waals surface area contributed by atoms with Crippen molar-refractivity contribution in [1.82, 2.24) is 14.8 Å². The van der Waals surface area contributed by atoms with Crippen LogP contribution in [0, 0.1) is 25.6 Å². The van der Waals surface area contributed by atoms with Gasteiger partial charge in [0.05, 0.1) is 12.5 Å². The standard InChI is InChI=1S/C14H17FN4O/c1-9(8-19-11(3)16-10(2)18-19)14(20)17-13-6-4-12(15)5-7-13/h4-7,9H,8H2,1-3H3,(H,17,20). The van der Waals surface area contributed by atoms with Gasteiger partial charge in [-0.05, 0) is 38.1 Å². The molecule has 2 rings (SSSR count). The summed E-state index contributed by atoms with van der Waals surface area (Å²) in [6.07, 6.45) is 0. The lowest BCUT2D eigenvalue weighted by molar-refractivity contribution is -0.119. The number of nitrogens with one attached hydrogen (secondary N) is 1. The molecule has 0 aliphatic rings. The van der Waals surface area contributed by atoms with E-state index in [9.17, 15) is 9.18 Å². The second-order valence-corrected chi connectivity index (χ2v) is 4.79. The van der Waals surface area contributed by atoms with Gasteiger partial charge in [0.1, 0.15) is 17.5 Å². The van der Waals surface area contributed by atoms with Crippen molar-refractivity contribution in [2.45, 2.75) is 27.3 Å². The van der Waals surface area contributed by atoms with Crippen LogP contribution in [0.25, 0.3) is 0 Å². The average molecular weight is 276 g/mol. The molecule has 1 N–H and O–H groups in total. The summed E-state index contributed by atoms with van der Waals surface area (Å²) in [4.78, 5) is 16.2. The lowest BCUT2D eigenvalue weighted by Crippen LogP contribution is -2.25. The molecule has 1 heterocycles. The van der Waals surface area contributed by atoms with Crippen LogP contribution in [0.15, 0.2) is 24.3 Å². The zero-order valence-electron chi connectivity index (χ0n) is 11.7. The third-order valence-electron chi connectivity index (χ3n) is 2.97. The van der Waals surface area contributed by atoms with Gasteiger partial charge in [0.2, 0.25) is 5.91 Å². The Bertz CT molecular complexity index is 606. The number of benzene rings is 1. The molecule has 20 heavy (non-hydrogen) atoms. The molecule has 0 aliphatic carbocycles. The Kier molecular flexibility index (Phi) is 4.12. The van der Waals surface area contributed by atoms with Crippen molar-refractivity contribution in [2.24, 2.45) is 5.92 Å². The van der Waals surface area contributed by atoms with Crippen molar-refractivity contribution in [3.63, 3.8) is 0 Å². The molecular formula is C14H17FN4O. The van der Waals surface area contributed by atoms with Crippen molar-refractivity contribution in [2.75, 3.05) is 5.32 Å². The summed E-state index contributed by atoms with van der Waals surface area (Å²) in [5.41, 5.74) is 0.578. The van der Waals surface area contributed by atoms with E-state index in [0.717, 1.165) is 5.82 Å². The Morgan fingerprint density at radius 3 is 2.55 bits per heavy atom. The Hall–Kier alpha value is -2.24. The Morgan fingerprint density at radius 2 is 2.00 bits per heavy atom. The third kappa shape index (κ3) is 3.40. The third-order valence-corrected chi connectivity index (χ3v) is 2.97. The number of nitrogens with zero attached hydrogens (tertiary/aromatic N) is 3. The van der Waals surface area contributed by atoms with Crippen LogP contribution in [0.2, 0.25) is 0 Å². The summed E-state index contributed by atoms with van der Waals surface area (Å²) in [5.74, 6) is 0.742. The fraction of sp³-hybridized carbons (Fsp3) is 0.357. The van der Waals surface area contributed by atoms with Gasteiger partial charge < -0.3 is 5.32 Å². The molecule has 106 valence electrons. The summed E-state index contributed by atoms with van der Waals surface area (Å²) in [5, 5.41) is 6.98. The Balaban J connectivity index is 1.98. The second-order valence-electron chi connectivity index (χ2n) is 4.79. The summed E-state index contributed by atoms with van der Waals surface area (Å²) in [7, 11) is 0. The van der Waals surface area contributed by atoms with Crippen molar-refractivity contribution in [3.8, 4) is 0 Å². The minimum atomic E-state index is -0.329. The second kappa shape index (κ2) is 5.81. The van der Waals surface area contributed by atoms with Crippen LogP contribution in [0.5, 0.6) is 0 Å². The van der Waals surface area contributed by atoms with E-state index in [0.29, 0.717) is 18.1 Å². The SMILES string of the molecule is Cc1nc(C)n(CC(C)C(=O)Nc2ccc(F)cc2)n1. The molecule has 5 nitrogen and oxygen atoms in total.